The average molecular weight is 277 g/mol. The summed E-state index contributed by atoms with van der Waals surface area (Å²) in [5.74, 6) is 0.796. The lowest BCUT2D eigenvalue weighted by Gasteiger charge is -2.40. The highest BCUT2D eigenvalue weighted by Crippen LogP contribution is 2.29. The molecule has 0 radical (unpaired) electrons. The first-order chi connectivity index (χ1) is 9.51. The molecule has 1 aromatic carbocycles. The minimum Gasteiger partial charge on any atom is -0.489 e. The Morgan fingerprint density at radius 2 is 2.10 bits per heavy atom. The molecule has 0 aliphatic carbocycles. The zero-order valence-electron chi connectivity index (χ0n) is 13.1. The van der Waals surface area contributed by atoms with Gasteiger partial charge in [0, 0.05) is 37.4 Å². The second-order valence-electron chi connectivity index (χ2n) is 5.88. The average Bonchev–Trinajstić information content (AvgIpc) is 2.41. The first-order valence-corrected chi connectivity index (χ1v) is 7.52. The van der Waals surface area contributed by atoms with Crippen LogP contribution in [0.25, 0.3) is 0 Å². The van der Waals surface area contributed by atoms with E-state index in [1.54, 1.807) is 0 Å². The maximum Gasteiger partial charge on any atom is 0.144 e. The molecule has 20 heavy (non-hydrogen) atoms. The van der Waals surface area contributed by atoms with Gasteiger partial charge in [-0.2, -0.15) is 0 Å². The number of benzene rings is 1. The summed E-state index contributed by atoms with van der Waals surface area (Å²) in [5.41, 5.74) is 7.91. The normalized spacial score (nSPS) is 20.4. The van der Waals surface area contributed by atoms with Crippen LogP contribution in [0.2, 0.25) is 0 Å². The quantitative estimate of drug-likeness (QED) is 0.859. The largest absolute Gasteiger partial charge is 0.489 e. The van der Waals surface area contributed by atoms with Gasteiger partial charge in [-0.25, -0.2) is 0 Å². The molecule has 1 saturated heterocycles. The molecule has 4 heteroatoms. The van der Waals surface area contributed by atoms with Crippen LogP contribution in [0.5, 0.6) is 5.75 Å². The molecule has 1 unspecified atom stereocenters. The van der Waals surface area contributed by atoms with Gasteiger partial charge in [0.15, 0.2) is 0 Å². The van der Waals surface area contributed by atoms with Gasteiger partial charge in [-0.05, 0) is 39.4 Å². The van der Waals surface area contributed by atoms with Crippen molar-refractivity contribution < 1.29 is 4.74 Å². The number of piperazine rings is 1. The first kappa shape index (κ1) is 15.0. The number of rotatable bonds is 4. The molecule has 2 rings (SSSR count). The van der Waals surface area contributed by atoms with Gasteiger partial charge in [-0.3, -0.25) is 4.90 Å². The van der Waals surface area contributed by atoms with Crippen molar-refractivity contribution in [1.82, 2.24) is 4.90 Å². The molecule has 0 amide bonds. The third-order valence-electron chi connectivity index (χ3n) is 3.97. The lowest BCUT2D eigenvalue weighted by atomic mass is 10.1. The highest BCUT2D eigenvalue weighted by atomic mass is 16.5. The molecule has 1 aromatic rings. The molecule has 1 aliphatic heterocycles. The van der Waals surface area contributed by atoms with E-state index in [-0.39, 0.29) is 6.10 Å². The first-order valence-electron chi connectivity index (χ1n) is 7.52. The van der Waals surface area contributed by atoms with E-state index in [0.717, 1.165) is 25.4 Å². The Morgan fingerprint density at radius 3 is 2.75 bits per heavy atom. The fourth-order valence-corrected chi connectivity index (χ4v) is 2.70. The third-order valence-corrected chi connectivity index (χ3v) is 3.97. The minimum atomic E-state index is 0.142. The Hall–Kier alpha value is -1.42. The van der Waals surface area contributed by atoms with Gasteiger partial charge in [0.25, 0.3) is 0 Å². The molecular weight excluding hydrogens is 250 g/mol. The van der Waals surface area contributed by atoms with Gasteiger partial charge in [-0.1, -0.05) is 6.92 Å². The van der Waals surface area contributed by atoms with Gasteiger partial charge in [0.05, 0.1) is 11.8 Å². The molecule has 4 nitrogen and oxygen atoms in total. The minimum absolute atomic E-state index is 0.142. The number of nitrogen functional groups attached to an aromatic ring is 1. The second kappa shape index (κ2) is 6.35. The molecule has 2 N–H and O–H groups in total. The highest BCUT2D eigenvalue weighted by Gasteiger charge is 2.23. The molecule has 1 heterocycles. The summed E-state index contributed by atoms with van der Waals surface area (Å²) in [4.78, 5) is 4.88. The molecule has 1 fully saturated rings. The van der Waals surface area contributed by atoms with Crippen LogP contribution in [0.1, 0.15) is 27.2 Å². The summed E-state index contributed by atoms with van der Waals surface area (Å²) in [5, 5.41) is 0. The monoisotopic (exact) mass is 277 g/mol. The van der Waals surface area contributed by atoms with Crippen molar-refractivity contribution in [2.75, 3.05) is 37.3 Å². The van der Waals surface area contributed by atoms with Gasteiger partial charge in [-0.15, -0.1) is 0 Å². The number of hydrogen-bond donors (Lipinski definition) is 1. The predicted octanol–water partition coefficient (Wildman–Crippen LogP) is 2.59. The lowest BCUT2D eigenvalue weighted by Crippen LogP contribution is -2.51. The Morgan fingerprint density at radius 1 is 1.35 bits per heavy atom. The SMILES string of the molecule is CCC1CN(c2ccc(N)c(OC(C)C)c2)CCN1C. The van der Waals surface area contributed by atoms with Crippen LogP contribution in [0, 0.1) is 0 Å². The van der Waals surface area contributed by atoms with Crippen LogP contribution < -0.4 is 15.4 Å². The van der Waals surface area contributed by atoms with Crippen LogP contribution in [0.3, 0.4) is 0 Å². The van der Waals surface area contributed by atoms with Crippen molar-refractivity contribution in [2.45, 2.75) is 39.3 Å². The van der Waals surface area contributed by atoms with E-state index in [9.17, 15) is 0 Å². The van der Waals surface area contributed by atoms with Gasteiger partial charge in [0.1, 0.15) is 5.75 Å². The van der Waals surface area contributed by atoms with Crippen LogP contribution in [-0.4, -0.2) is 43.7 Å². The van der Waals surface area contributed by atoms with E-state index >= 15 is 0 Å². The van der Waals surface area contributed by atoms with Crippen molar-refractivity contribution >= 4 is 11.4 Å². The summed E-state index contributed by atoms with van der Waals surface area (Å²) in [6, 6.07) is 6.75. The Labute approximate surface area is 122 Å². The van der Waals surface area contributed by atoms with Crippen LogP contribution >= 0.6 is 0 Å². The van der Waals surface area contributed by atoms with E-state index in [0.29, 0.717) is 11.7 Å². The summed E-state index contributed by atoms with van der Waals surface area (Å²) < 4.78 is 5.79. The fraction of sp³-hybridized carbons (Fsp3) is 0.625. The predicted molar refractivity (Wildman–Crippen MR) is 85.5 cm³/mol. The Bertz CT molecular complexity index is 447. The van der Waals surface area contributed by atoms with E-state index in [1.807, 2.05) is 19.9 Å². The summed E-state index contributed by atoms with van der Waals surface area (Å²) in [6.45, 7) is 9.52. The number of anilines is 2. The molecule has 0 spiro atoms. The number of hydrogen-bond acceptors (Lipinski definition) is 4. The number of ether oxygens (including phenoxy) is 1. The van der Waals surface area contributed by atoms with Crippen molar-refractivity contribution in [3.8, 4) is 5.75 Å². The smallest absolute Gasteiger partial charge is 0.144 e. The zero-order valence-corrected chi connectivity index (χ0v) is 13.1. The number of nitrogens with zero attached hydrogens (tertiary/aromatic N) is 2. The summed E-state index contributed by atoms with van der Waals surface area (Å²) in [6.07, 6.45) is 1.32. The molecule has 112 valence electrons. The van der Waals surface area contributed by atoms with Crippen molar-refractivity contribution in [2.24, 2.45) is 0 Å². The van der Waals surface area contributed by atoms with E-state index in [1.165, 1.54) is 12.1 Å². The fourth-order valence-electron chi connectivity index (χ4n) is 2.70. The van der Waals surface area contributed by atoms with Crippen LogP contribution in [-0.2, 0) is 0 Å². The molecule has 1 aliphatic rings. The molecule has 0 saturated carbocycles. The van der Waals surface area contributed by atoms with Gasteiger partial charge < -0.3 is 15.4 Å². The topological polar surface area (TPSA) is 41.7 Å². The van der Waals surface area contributed by atoms with E-state index in [4.69, 9.17) is 10.5 Å². The second-order valence-corrected chi connectivity index (χ2v) is 5.88. The molecule has 1 atom stereocenters. The Kier molecular flexibility index (Phi) is 4.76. The lowest BCUT2D eigenvalue weighted by molar-refractivity contribution is 0.213. The van der Waals surface area contributed by atoms with Crippen molar-refractivity contribution in [3.05, 3.63) is 18.2 Å². The summed E-state index contributed by atoms with van der Waals surface area (Å²) in [7, 11) is 2.21. The Balaban J connectivity index is 2.16. The maximum atomic E-state index is 5.99. The third kappa shape index (κ3) is 3.37. The van der Waals surface area contributed by atoms with Gasteiger partial charge >= 0.3 is 0 Å². The molecule has 0 bridgehead atoms. The molecule has 0 aromatic heterocycles. The van der Waals surface area contributed by atoms with E-state index in [2.05, 4.69) is 35.9 Å². The number of likely N-dealkylation sites (N-methyl/N-ethyl adjacent to an activating group) is 1. The van der Waals surface area contributed by atoms with Crippen molar-refractivity contribution in [3.63, 3.8) is 0 Å². The zero-order chi connectivity index (χ0) is 14.7. The van der Waals surface area contributed by atoms with Crippen LogP contribution in [0.15, 0.2) is 18.2 Å². The number of nitrogens with two attached hydrogens (primary N) is 1. The van der Waals surface area contributed by atoms with Gasteiger partial charge in [0.2, 0.25) is 0 Å². The van der Waals surface area contributed by atoms with Crippen molar-refractivity contribution in [1.29, 1.82) is 0 Å². The summed E-state index contributed by atoms with van der Waals surface area (Å²) >= 11 is 0. The molecular formula is C16H27N3O. The van der Waals surface area contributed by atoms with Crippen LogP contribution in [0.4, 0.5) is 11.4 Å². The highest BCUT2D eigenvalue weighted by molar-refractivity contribution is 5.62. The maximum absolute atomic E-state index is 5.99. The van der Waals surface area contributed by atoms with E-state index < -0.39 is 0 Å². The standard InChI is InChI=1S/C16H27N3O/c1-5-13-11-19(9-8-18(13)4)14-6-7-15(17)16(10-14)20-12(2)3/h6-7,10,12-13H,5,8-9,11,17H2,1-4H3.